The molecule has 2 aliphatic rings. The number of carbonyl (C=O) groups is 1. The quantitative estimate of drug-likeness (QED) is 0.522. The van der Waals surface area contributed by atoms with Crippen LogP contribution in [0.1, 0.15) is 55.4 Å². The van der Waals surface area contributed by atoms with Crippen LogP contribution in [0.25, 0.3) is 11.0 Å². The average Bonchev–Trinajstić information content (AvgIpc) is 3.56. The van der Waals surface area contributed by atoms with Gasteiger partial charge in [-0.15, -0.1) is 11.3 Å². The molecule has 0 spiro atoms. The molecule has 5 rings (SSSR count). The minimum absolute atomic E-state index is 0.0742. The lowest BCUT2D eigenvalue weighted by Crippen LogP contribution is -2.27. The fourth-order valence-corrected chi connectivity index (χ4v) is 7.32. The SMILES string of the molecule is CCCn1c(CCC(=O)Nc2nc3c(s2)CCC3)nc2cc(S(=O)(=O)N3CCCC3)ccc21. The zero-order valence-corrected chi connectivity index (χ0v) is 20.5. The van der Waals surface area contributed by atoms with Crippen molar-refractivity contribution in [2.24, 2.45) is 0 Å². The van der Waals surface area contributed by atoms with Gasteiger partial charge in [0.25, 0.3) is 0 Å². The summed E-state index contributed by atoms with van der Waals surface area (Å²) in [6.45, 7) is 4.02. The van der Waals surface area contributed by atoms with Crippen LogP contribution >= 0.6 is 11.3 Å². The molecular formula is C23H29N5O3S2. The Kier molecular flexibility index (Phi) is 6.24. The van der Waals surface area contributed by atoms with E-state index in [2.05, 4.69) is 21.8 Å². The Morgan fingerprint density at radius 2 is 1.97 bits per heavy atom. The Morgan fingerprint density at radius 3 is 2.73 bits per heavy atom. The lowest BCUT2D eigenvalue weighted by Gasteiger charge is -2.15. The topological polar surface area (TPSA) is 97.2 Å². The van der Waals surface area contributed by atoms with E-state index in [-0.39, 0.29) is 5.91 Å². The van der Waals surface area contributed by atoms with E-state index < -0.39 is 10.0 Å². The van der Waals surface area contributed by atoms with Gasteiger partial charge in [-0.3, -0.25) is 4.79 Å². The van der Waals surface area contributed by atoms with Crippen LogP contribution in [-0.2, 0) is 40.6 Å². The molecule has 0 bridgehead atoms. The molecule has 2 aromatic heterocycles. The highest BCUT2D eigenvalue weighted by Gasteiger charge is 2.28. The largest absolute Gasteiger partial charge is 0.328 e. The first-order valence-corrected chi connectivity index (χ1v) is 14.0. The smallest absolute Gasteiger partial charge is 0.243 e. The number of nitrogens with zero attached hydrogens (tertiary/aromatic N) is 4. The van der Waals surface area contributed by atoms with Gasteiger partial charge in [0.1, 0.15) is 5.82 Å². The van der Waals surface area contributed by atoms with Crippen molar-refractivity contribution < 1.29 is 13.2 Å². The molecule has 1 aromatic carbocycles. The highest BCUT2D eigenvalue weighted by Crippen LogP contribution is 2.30. The van der Waals surface area contributed by atoms with Crippen LogP contribution in [0.15, 0.2) is 23.1 Å². The molecule has 1 amide bonds. The lowest BCUT2D eigenvalue weighted by molar-refractivity contribution is -0.116. The van der Waals surface area contributed by atoms with Gasteiger partial charge in [-0.05, 0) is 56.7 Å². The van der Waals surface area contributed by atoms with E-state index in [1.165, 1.54) is 4.88 Å². The number of anilines is 1. The van der Waals surface area contributed by atoms with Crippen molar-refractivity contribution in [1.29, 1.82) is 0 Å². The van der Waals surface area contributed by atoms with E-state index >= 15 is 0 Å². The Morgan fingerprint density at radius 1 is 1.15 bits per heavy atom. The summed E-state index contributed by atoms with van der Waals surface area (Å²) in [7, 11) is -3.49. The monoisotopic (exact) mass is 487 g/mol. The number of hydrogen-bond acceptors (Lipinski definition) is 6. The lowest BCUT2D eigenvalue weighted by atomic mass is 10.2. The third-order valence-corrected chi connectivity index (χ3v) is 9.33. The Balaban J connectivity index is 1.34. The third kappa shape index (κ3) is 4.43. The number of imidazole rings is 1. The Bertz CT molecular complexity index is 1270. The molecule has 0 radical (unpaired) electrons. The first-order valence-electron chi connectivity index (χ1n) is 11.7. The van der Waals surface area contributed by atoms with Crippen molar-refractivity contribution in [2.45, 2.75) is 69.7 Å². The van der Waals surface area contributed by atoms with Crippen molar-refractivity contribution in [3.05, 3.63) is 34.6 Å². The highest BCUT2D eigenvalue weighted by molar-refractivity contribution is 7.89. The number of nitrogens with one attached hydrogen (secondary N) is 1. The van der Waals surface area contributed by atoms with Crippen molar-refractivity contribution in [3.8, 4) is 0 Å². The predicted molar refractivity (Wildman–Crippen MR) is 129 cm³/mol. The molecule has 1 aliphatic heterocycles. The zero-order chi connectivity index (χ0) is 23.0. The second kappa shape index (κ2) is 9.15. The van der Waals surface area contributed by atoms with Gasteiger partial charge in [-0.2, -0.15) is 4.31 Å². The minimum atomic E-state index is -3.49. The first kappa shape index (κ1) is 22.5. The van der Waals surface area contributed by atoms with Gasteiger partial charge < -0.3 is 9.88 Å². The summed E-state index contributed by atoms with van der Waals surface area (Å²) in [5.41, 5.74) is 2.69. The van der Waals surface area contributed by atoms with Crippen molar-refractivity contribution in [1.82, 2.24) is 18.8 Å². The van der Waals surface area contributed by atoms with Gasteiger partial charge in [0, 0.05) is 37.4 Å². The van der Waals surface area contributed by atoms with Crippen LogP contribution in [0, 0.1) is 0 Å². The van der Waals surface area contributed by atoms with Crippen LogP contribution in [0.3, 0.4) is 0 Å². The van der Waals surface area contributed by atoms with Gasteiger partial charge >= 0.3 is 0 Å². The average molecular weight is 488 g/mol. The van der Waals surface area contributed by atoms with Gasteiger partial charge in [0.2, 0.25) is 15.9 Å². The van der Waals surface area contributed by atoms with Gasteiger partial charge in [-0.25, -0.2) is 18.4 Å². The second-order valence-corrected chi connectivity index (χ2v) is 11.8. The van der Waals surface area contributed by atoms with E-state index in [4.69, 9.17) is 4.98 Å². The molecule has 1 aliphatic carbocycles. The summed E-state index contributed by atoms with van der Waals surface area (Å²) in [5, 5.41) is 3.62. The summed E-state index contributed by atoms with van der Waals surface area (Å²) < 4.78 is 29.6. The second-order valence-electron chi connectivity index (χ2n) is 8.73. The first-order chi connectivity index (χ1) is 16.0. The summed E-state index contributed by atoms with van der Waals surface area (Å²) in [6, 6.07) is 5.21. The maximum atomic E-state index is 13.0. The van der Waals surface area contributed by atoms with Crippen LogP contribution in [0.5, 0.6) is 0 Å². The van der Waals surface area contributed by atoms with Crippen molar-refractivity contribution in [2.75, 3.05) is 18.4 Å². The number of carbonyl (C=O) groups excluding carboxylic acids is 1. The van der Waals surface area contributed by atoms with Gasteiger partial charge in [-0.1, -0.05) is 6.92 Å². The molecule has 10 heteroatoms. The molecule has 3 aromatic rings. The number of aryl methyl sites for hydroxylation is 4. The van der Waals surface area contributed by atoms with E-state index in [1.54, 1.807) is 27.8 Å². The van der Waals surface area contributed by atoms with E-state index in [0.29, 0.717) is 41.5 Å². The molecule has 1 saturated heterocycles. The number of hydrogen-bond donors (Lipinski definition) is 1. The third-order valence-electron chi connectivity index (χ3n) is 6.37. The summed E-state index contributed by atoms with van der Waals surface area (Å²) in [5.74, 6) is 0.731. The van der Waals surface area contributed by atoms with Crippen LogP contribution in [0.2, 0.25) is 0 Å². The number of fused-ring (bicyclic) bond motifs is 2. The molecule has 176 valence electrons. The van der Waals surface area contributed by atoms with Crippen molar-refractivity contribution >= 4 is 43.4 Å². The minimum Gasteiger partial charge on any atom is -0.328 e. The van der Waals surface area contributed by atoms with Gasteiger partial charge in [0.15, 0.2) is 5.13 Å². The number of aromatic nitrogens is 3. The fraction of sp³-hybridized carbons (Fsp3) is 0.522. The Hall–Kier alpha value is -2.30. The van der Waals surface area contributed by atoms with Crippen LogP contribution < -0.4 is 5.32 Å². The van der Waals surface area contributed by atoms with E-state index in [0.717, 1.165) is 62.1 Å². The highest BCUT2D eigenvalue weighted by atomic mass is 32.2. The van der Waals surface area contributed by atoms with Crippen LogP contribution in [0.4, 0.5) is 5.13 Å². The van der Waals surface area contributed by atoms with Crippen LogP contribution in [-0.4, -0.2) is 46.3 Å². The maximum Gasteiger partial charge on any atom is 0.243 e. The standard InChI is InChI=1S/C23H29N5O3S2/c1-2-12-28-19-9-8-16(33(30,31)27-13-3-4-14-27)15-18(19)24-21(28)10-11-22(29)26-23-25-17-6-5-7-20(17)32-23/h8-9,15H,2-7,10-14H2,1H3,(H,25,26,29). The summed E-state index contributed by atoms with van der Waals surface area (Å²) >= 11 is 1.58. The molecule has 3 heterocycles. The molecule has 33 heavy (non-hydrogen) atoms. The zero-order valence-electron chi connectivity index (χ0n) is 18.8. The number of benzene rings is 1. The molecule has 0 unspecified atom stereocenters. The maximum absolute atomic E-state index is 13.0. The summed E-state index contributed by atoms with van der Waals surface area (Å²) in [6.07, 6.45) is 6.72. The normalized spacial score (nSPS) is 16.5. The summed E-state index contributed by atoms with van der Waals surface area (Å²) in [4.78, 5) is 23.4. The molecule has 1 fully saturated rings. The molecule has 0 atom stereocenters. The molecule has 0 saturated carbocycles. The van der Waals surface area contributed by atoms with Crippen molar-refractivity contribution in [3.63, 3.8) is 0 Å². The number of sulfonamides is 1. The number of rotatable bonds is 8. The molecule has 8 nitrogen and oxygen atoms in total. The van der Waals surface area contributed by atoms with E-state index in [9.17, 15) is 13.2 Å². The number of amides is 1. The molecule has 1 N–H and O–H groups in total. The Labute approximate surface area is 198 Å². The van der Waals surface area contributed by atoms with Gasteiger partial charge in [0.05, 0.1) is 21.6 Å². The number of thiazole rings is 1. The van der Waals surface area contributed by atoms with E-state index in [1.807, 2.05) is 6.07 Å². The predicted octanol–water partition coefficient (Wildman–Crippen LogP) is 3.75. The molecular weight excluding hydrogens is 458 g/mol. The fourth-order valence-electron chi connectivity index (χ4n) is 4.71.